The van der Waals surface area contributed by atoms with Gasteiger partial charge in [-0.3, -0.25) is 4.90 Å². The second-order valence-corrected chi connectivity index (χ2v) is 6.71. The average molecular weight is 292 g/mol. The van der Waals surface area contributed by atoms with Crippen molar-refractivity contribution < 1.29 is 14.3 Å². The van der Waals surface area contributed by atoms with Crippen molar-refractivity contribution >= 4 is 0 Å². The van der Waals surface area contributed by atoms with Gasteiger partial charge in [0.1, 0.15) is 5.76 Å². The van der Waals surface area contributed by atoms with Crippen LogP contribution in [0.25, 0.3) is 0 Å². The van der Waals surface area contributed by atoms with Crippen molar-refractivity contribution in [3.8, 4) is 0 Å². The molecule has 0 radical (unpaired) electrons. The van der Waals surface area contributed by atoms with Gasteiger partial charge in [0.2, 0.25) is 5.89 Å². The van der Waals surface area contributed by atoms with Crippen LogP contribution in [0.4, 0.5) is 0 Å². The average Bonchev–Trinajstić information content (AvgIpc) is 3.10. The molecule has 2 heterocycles. The lowest BCUT2D eigenvalue weighted by Gasteiger charge is -2.39. The largest absolute Gasteiger partial charge is 0.444 e. The quantitative estimate of drug-likeness (QED) is 0.918. The van der Waals surface area contributed by atoms with E-state index in [2.05, 4.69) is 9.88 Å². The summed E-state index contributed by atoms with van der Waals surface area (Å²) >= 11 is 0. The van der Waals surface area contributed by atoms with Crippen LogP contribution in [0.15, 0.2) is 10.6 Å². The Labute approximate surface area is 125 Å². The van der Waals surface area contributed by atoms with E-state index in [1.165, 1.54) is 12.8 Å². The van der Waals surface area contributed by atoms with Crippen molar-refractivity contribution in [2.24, 2.45) is 5.92 Å². The van der Waals surface area contributed by atoms with Gasteiger partial charge < -0.3 is 14.3 Å². The Balaban J connectivity index is 1.45. The highest BCUT2D eigenvalue weighted by molar-refractivity contribution is 5.08. The maximum atomic E-state index is 10.2. The first-order valence-electron chi connectivity index (χ1n) is 8.26. The summed E-state index contributed by atoms with van der Waals surface area (Å²) in [5, 5.41) is 10.2. The Morgan fingerprint density at radius 1 is 1.29 bits per heavy atom. The van der Waals surface area contributed by atoms with Crippen LogP contribution >= 0.6 is 0 Å². The van der Waals surface area contributed by atoms with Crippen LogP contribution in [-0.2, 0) is 11.3 Å². The number of ether oxygens (including phenoxy) is 1. The molecule has 0 amide bonds. The fraction of sp³-hybridized carbons (Fsp3) is 0.812. The molecular weight excluding hydrogens is 268 g/mol. The Morgan fingerprint density at radius 2 is 2.19 bits per heavy atom. The van der Waals surface area contributed by atoms with E-state index < -0.39 is 0 Å². The van der Waals surface area contributed by atoms with Gasteiger partial charge in [0.05, 0.1) is 32.1 Å². The molecule has 0 bridgehead atoms. The number of hydrogen-bond acceptors (Lipinski definition) is 5. The standard InChI is InChI=1S/C16H24N2O3/c19-14-3-1-2-12(14)13-10-20-7-6-18(13)9-16-17-8-15(21-16)11-4-5-11/h8,11-14,19H,1-7,9-10H2/t12-,13+,14-/m1/s1. The van der Waals surface area contributed by atoms with E-state index in [4.69, 9.17) is 9.15 Å². The number of nitrogens with zero attached hydrogens (tertiary/aromatic N) is 2. The second-order valence-electron chi connectivity index (χ2n) is 6.71. The van der Waals surface area contributed by atoms with Gasteiger partial charge in [0.25, 0.3) is 0 Å². The third-order valence-electron chi connectivity index (χ3n) is 5.20. The molecule has 5 heteroatoms. The summed E-state index contributed by atoms with van der Waals surface area (Å²) in [5.74, 6) is 2.82. The number of morpholine rings is 1. The van der Waals surface area contributed by atoms with Crippen molar-refractivity contribution in [1.29, 1.82) is 0 Å². The third-order valence-corrected chi connectivity index (χ3v) is 5.20. The molecule has 0 aromatic carbocycles. The van der Waals surface area contributed by atoms with E-state index in [9.17, 15) is 5.11 Å². The Bertz CT molecular complexity index is 486. The van der Waals surface area contributed by atoms with E-state index >= 15 is 0 Å². The van der Waals surface area contributed by atoms with Crippen LogP contribution in [0.3, 0.4) is 0 Å². The SMILES string of the molecule is O[C@@H]1CCC[C@@H]1[C@@H]1COCCN1Cc1ncc(C2CC2)o1. The summed E-state index contributed by atoms with van der Waals surface area (Å²) in [6.45, 7) is 3.12. The molecule has 1 N–H and O–H groups in total. The predicted molar refractivity (Wildman–Crippen MR) is 76.8 cm³/mol. The highest BCUT2D eigenvalue weighted by Crippen LogP contribution is 2.40. The van der Waals surface area contributed by atoms with Crippen LogP contribution in [-0.4, -0.2) is 46.9 Å². The maximum absolute atomic E-state index is 10.2. The fourth-order valence-corrected chi connectivity index (χ4v) is 3.79. The molecule has 1 aromatic rings. The summed E-state index contributed by atoms with van der Waals surface area (Å²) in [5.41, 5.74) is 0. The number of oxazole rings is 1. The normalized spacial score (nSPS) is 34.4. The van der Waals surface area contributed by atoms with Gasteiger partial charge in [-0.25, -0.2) is 4.98 Å². The lowest BCUT2D eigenvalue weighted by atomic mass is 9.94. The molecule has 21 heavy (non-hydrogen) atoms. The van der Waals surface area contributed by atoms with Gasteiger partial charge in [-0.2, -0.15) is 0 Å². The Morgan fingerprint density at radius 3 is 2.95 bits per heavy atom. The number of aliphatic hydroxyl groups excluding tert-OH is 1. The fourth-order valence-electron chi connectivity index (χ4n) is 3.79. The lowest BCUT2D eigenvalue weighted by molar-refractivity contribution is -0.0563. The predicted octanol–water partition coefficient (Wildman–Crippen LogP) is 1.91. The van der Waals surface area contributed by atoms with E-state index in [0.29, 0.717) is 17.9 Å². The van der Waals surface area contributed by atoms with E-state index in [1.807, 2.05) is 6.20 Å². The zero-order valence-corrected chi connectivity index (χ0v) is 12.4. The van der Waals surface area contributed by atoms with Crippen LogP contribution in [0, 0.1) is 5.92 Å². The molecule has 116 valence electrons. The van der Waals surface area contributed by atoms with Gasteiger partial charge in [-0.1, -0.05) is 6.42 Å². The van der Waals surface area contributed by atoms with Crippen LogP contribution in [0.2, 0.25) is 0 Å². The van der Waals surface area contributed by atoms with Crippen LogP contribution in [0.1, 0.15) is 49.7 Å². The number of aromatic nitrogens is 1. The molecule has 2 aliphatic carbocycles. The van der Waals surface area contributed by atoms with Crippen molar-refractivity contribution in [1.82, 2.24) is 9.88 Å². The van der Waals surface area contributed by atoms with Gasteiger partial charge in [0, 0.05) is 24.4 Å². The highest BCUT2D eigenvalue weighted by atomic mass is 16.5. The summed E-state index contributed by atoms with van der Waals surface area (Å²) < 4.78 is 11.6. The van der Waals surface area contributed by atoms with Crippen LogP contribution < -0.4 is 0 Å². The summed E-state index contributed by atoms with van der Waals surface area (Å²) in [4.78, 5) is 6.83. The molecule has 0 spiro atoms. The van der Waals surface area contributed by atoms with Gasteiger partial charge in [-0.15, -0.1) is 0 Å². The maximum Gasteiger partial charge on any atom is 0.208 e. The minimum absolute atomic E-state index is 0.175. The van der Waals surface area contributed by atoms with Crippen molar-refractivity contribution in [3.05, 3.63) is 17.8 Å². The van der Waals surface area contributed by atoms with Crippen molar-refractivity contribution in [3.63, 3.8) is 0 Å². The molecule has 4 rings (SSSR count). The number of hydrogen-bond donors (Lipinski definition) is 1. The van der Waals surface area contributed by atoms with Crippen molar-refractivity contribution in [2.75, 3.05) is 19.8 Å². The van der Waals surface area contributed by atoms with Gasteiger partial charge in [0.15, 0.2) is 0 Å². The summed E-state index contributed by atoms with van der Waals surface area (Å²) in [6.07, 6.45) is 7.36. The minimum Gasteiger partial charge on any atom is -0.444 e. The molecule has 1 aromatic heterocycles. The Hall–Kier alpha value is -0.910. The lowest BCUT2D eigenvalue weighted by Crippen LogP contribution is -2.50. The molecule has 0 unspecified atom stereocenters. The van der Waals surface area contributed by atoms with E-state index in [0.717, 1.165) is 57.2 Å². The second kappa shape index (κ2) is 5.71. The van der Waals surface area contributed by atoms with Crippen LogP contribution in [0.5, 0.6) is 0 Å². The summed E-state index contributed by atoms with van der Waals surface area (Å²) in [6, 6.07) is 0.299. The monoisotopic (exact) mass is 292 g/mol. The first kappa shape index (κ1) is 13.7. The number of rotatable bonds is 4. The minimum atomic E-state index is -0.175. The van der Waals surface area contributed by atoms with Gasteiger partial charge in [-0.05, 0) is 25.7 Å². The molecule has 1 saturated heterocycles. The molecule has 5 nitrogen and oxygen atoms in total. The summed E-state index contributed by atoms with van der Waals surface area (Å²) in [7, 11) is 0. The zero-order valence-electron chi connectivity index (χ0n) is 12.4. The third kappa shape index (κ3) is 2.87. The van der Waals surface area contributed by atoms with E-state index in [1.54, 1.807) is 0 Å². The smallest absolute Gasteiger partial charge is 0.208 e. The molecule has 2 saturated carbocycles. The molecule has 1 aliphatic heterocycles. The topological polar surface area (TPSA) is 58.7 Å². The first-order chi connectivity index (χ1) is 10.3. The zero-order chi connectivity index (χ0) is 14.2. The molecule has 3 aliphatic rings. The van der Waals surface area contributed by atoms with E-state index in [-0.39, 0.29) is 6.10 Å². The molecular formula is C16H24N2O3. The first-order valence-corrected chi connectivity index (χ1v) is 8.26. The highest BCUT2D eigenvalue weighted by Gasteiger charge is 2.38. The van der Waals surface area contributed by atoms with Gasteiger partial charge >= 0.3 is 0 Å². The molecule has 3 fully saturated rings. The van der Waals surface area contributed by atoms with Crippen molar-refractivity contribution in [2.45, 2.75) is 56.7 Å². The number of aliphatic hydroxyl groups is 1. The Kier molecular flexibility index (Phi) is 3.73. The molecule has 3 atom stereocenters.